The lowest BCUT2D eigenvalue weighted by Gasteiger charge is -2.16. The van der Waals surface area contributed by atoms with Crippen molar-refractivity contribution in [3.05, 3.63) is 24.0 Å². The Kier molecular flexibility index (Phi) is 3.51. The average Bonchev–Trinajstić information content (AvgIpc) is 3.02. The van der Waals surface area contributed by atoms with Crippen molar-refractivity contribution in [1.29, 1.82) is 0 Å². The predicted molar refractivity (Wildman–Crippen MR) is 80.2 cm³/mol. The molecule has 2 atom stereocenters. The number of rotatable bonds is 3. The Morgan fingerprint density at radius 1 is 1.38 bits per heavy atom. The third kappa shape index (κ3) is 2.35. The Labute approximate surface area is 124 Å². The number of benzene rings is 1. The molecule has 7 heteroatoms. The standard InChI is InChI=1S/C14H19N3O3S/c1-15-10-8-20-7-9(10)14-16-13-11(17(14)2)5-4-6-12(13)21(3,18)19/h4-6,9-10,15H,7-8H2,1-3H3. The normalized spacial score (nSPS) is 23.0. The van der Waals surface area contributed by atoms with Crippen LogP contribution in [0.3, 0.4) is 0 Å². The van der Waals surface area contributed by atoms with Crippen molar-refractivity contribution in [3.8, 4) is 0 Å². The number of hydrogen-bond donors (Lipinski definition) is 1. The summed E-state index contributed by atoms with van der Waals surface area (Å²) in [6.45, 7) is 1.24. The zero-order valence-electron chi connectivity index (χ0n) is 12.3. The highest BCUT2D eigenvalue weighted by Gasteiger charge is 2.32. The first-order valence-corrected chi connectivity index (χ1v) is 8.73. The maximum absolute atomic E-state index is 11.9. The molecule has 0 radical (unpaired) electrons. The first-order chi connectivity index (χ1) is 9.93. The number of imidazole rings is 1. The van der Waals surface area contributed by atoms with Crippen LogP contribution < -0.4 is 5.32 Å². The highest BCUT2D eigenvalue weighted by molar-refractivity contribution is 7.91. The second kappa shape index (κ2) is 5.08. The van der Waals surface area contributed by atoms with Crippen LogP contribution in [0, 0.1) is 0 Å². The van der Waals surface area contributed by atoms with Gasteiger partial charge in [-0.05, 0) is 19.2 Å². The van der Waals surface area contributed by atoms with Gasteiger partial charge in [0.25, 0.3) is 0 Å². The van der Waals surface area contributed by atoms with Gasteiger partial charge >= 0.3 is 0 Å². The highest BCUT2D eigenvalue weighted by atomic mass is 32.2. The van der Waals surface area contributed by atoms with Crippen molar-refractivity contribution >= 4 is 20.9 Å². The molecule has 1 aliphatic rings. The van der Waals surface area contributed by atoms with Gasteiger partial charge in [0, 0.05) is 19.3 Å². The van der Waals surface area contributed by atoms with Crippen LogP contribution in [0.4, 0.5) is 0 Å². The van der Waals surface area contributed by atoms with Gasteiger partial charge in [-0.25, -0.2) is 13.4 Å². The number of aromatic nitrogens is 2. The van der Waals surface area contributed by atoms with Crippen molar-refractivity contribution in [1.82, 2.24) is 14.9 Å². The van der Waals surface area contributed by atoms with E-state index in [0.717, 1.165) is 11.3 Å². The van der Waals surface area contributed by atoms with E-state index in [-0.39, 0.29) is 16.9 Å². The zero-order valence-corrected chi connectivity index (χ0v) is 13.1. The summed E-state index contributed by atoms with van der Waals surface area (Å²) in [7, 11) is 0.520. The second-order valence-electron chi connectivity index (χ2n) is 5.46. The number of fused-ring (bicyclic) bond motifs is 1. The van der Waals surface area contributed by atoms with Crippen LogP contribution in [-0.2, 0) is 21.6 Å². The minimum Gasteiger partial charge on any atom is -0.379 e. The van der Waals surface area contributed by atoms with Crippen LogP contribution in [0.1, 0.15) is 11.7 Å². The molecule has 0 aliphatic carbocycles. The molecule has 114 valence electrons. The summed E-state index contributed by atoms with van der Waals surface area (Å²) in [6.07, 6.45) is 1.21. The fourth-order valence-electron chi connectivity index (χ4n) is 2.93. The molecule has 0 bridgehead atoms. The topological polar surface area (TPSA) is 73.2 Å². The van der Waals surface area contributed by atoms with Crippen molar-refractivity contribution in [2.45, 2.75) is 16.9 Å². The van der Waals surface area contributed by atoms with E-state index in [2.05, 4.69) is 10.3 Å². The minimum absolute atomic E-state index is 0.125. The molecular formula is C14H19N3O3S. The molecule has 1 aromatic carbocycles. The molecule has 2 aromatic rings. The molecule has 1 aromatic heterocycles. The zero-order chi connectivity index (χ0) is 15.2. The van der Waals surface area contributed by atoms with Crippen molar-refractivity contribution in [2.24, 2.45) is 7.05 Å². The van der Waals surface area contributed by atoms with E-state index >= 15 is 0 Å². The fourth-order valence-corrected chi connectivity index (χ4v) is 3.76. The summed E-state index contributed by atoms with van der Waals surface area (Å²) in [5, 5.41) is 3.23. The summed E-state index contributed by atoms with van der Waals surface area (Å²) < 4.78 is 31.3. The molecule has 0 amide bonds. The first kappa shape index (κ1) is 14.5. The van der Waals surface area contributed by atoms with E-state index in [1.165, 1.54) is 6.26 Å². The Hall–Kier alpha value is -1.44. The number of para-hydroxylation sites is 1. The lowest BCUT2D eigenvalue weighted by Crippen LogP contribution is -2.32. The molecule has 1 saturated heterocycles. The molecule has 1 aliphatic heterocycles. The number of hydrogen-bond acceptors (Lipinski definition) is 5. The van der Waals surface area contributed by atoms with Crippen LogP contribution >= 0.6 is 0 Å². The van der Waals surface area contributed by atoms with Crippen LogP contribution in [0.25, 0.3) is 11.0 Å². The van der Waals surface area contributed by atoms with Gasteiger partial charge in [-0.2, -0.15) is 0 Å². The van der Waals surface area contributed by atoms with Crippen LogP contribution in [0.5, 0.6) is 0 Å². The monoisotopic (exact) mass is 309 g/mol. The van der Waals surface area contributed by atoms with Crippen molar-refractivity contribution in [3.63, 3.8) is 0 Å². The minimum atomic E-state index is -3.30. The predicted octanol–water partition coefficient (Wildman–Crippen LogP) is 0.679. The Balaban J connectivity index is 2.20. The first-order valence-electron chi connectivity index (χ1n) is 6.84. The van der Waals surface area contributed by atoms with Gasteiger partial charge in [-0.15, -0.1) is 0 Å². The molecule has 2 heterocycles. The number of nitrogens with zero attached hydrogens (tertiary/aromatic N) is 2. The smallest absolute Gasteiger partial charge is 0.177 e. The summed E-state index contributed by atoms with van der Waals surface area (Å²) in [5.74, 6) is 0.984. The molecule has 0 saturated carbocycles. The van der Waals surface area contributed by atoms with Gasteiger partial charge < -0.3 is 14.6 Å². The maximum Gasteiger partial charge on any atom is 0.177 e. The molecule has 1 N–H and O–H groups in total. The van der Waals surface area contributed by atoms with Gasteiger partial charge in [-0.1, -0.05) is 6.07 Å². The summed E-state index contributed by atoms with van der Waals surface area (Å²) >= 11 is 0. The van der Waals surface area contributed by atoms with Gasteiger partial charge in [-0.3, -0.25) is 0 Å². The number of likely N-dealkylation sites (N-methyl/N-ethyl adjacent to an activating group) is 1. The van der Waals surface area contributed by atoms with E-state index in [1.807, 2.05) is 24.7 Å². The van der Waals surface area contributed by atoms with Gasteiger partial charge in [0.15, 0.2) is 9.84 Å². The van der Waals surface area contributed by atoms with E-state index < -0.39 is 9.84 Å². The van der Waals surface area contributed by atoms with E-state index in [0.29, 0.717) is 18.7 Å². The highest BCUT2D eigenvalue weighted by Crippen LogP contribution is 2.30. The molecular weight excluding hydrogens is 290 g/mol. The van der Waals surface area contributed by atoms with Gasteiger partial charge in [0.05, 0.1) is 29.5 Å². The number of nitrogens with one attached hydrogen (secondary N) is 1. The fraction of sp³-hybridized carbons (Fsp3) is 0.500. The Morgan fingerprint density at radius 3 is 2.81 bits per heavy atom. The Bertz CT molecular complexity index is 782. The number of aryl methyl sites for hydroxylation is 1. The quantitative estimate of drug-likeness (QED) is 0.902. The van der Waals surface area contributed by atoms with E-state index in [1.54, 1.807) is 12.1 Å². The summed E-state index contributed by atoms with van der Waals surface area (Å²) in [6, 6.07) is 5.45. The lowest BCUT2D eigenvalue weighted by atomic mass is 10.0. The van der Waals surface area contributed by atoms with Gasteiger partial charge in [0.2, 0.25) is 0 Å². The van der Waals surface area contributed by atoms with Crippen LogP contribution in [0.2, 0.25) is 0 Å². The largest absolute Gasteiger partial charge is 0.379 e. The van der Waals surface area contributed by atoms with Crippen LogP contribution in [0.15, 0.2) is 23.1 Å². The average molecular weight is 309 g/mol. The SMILES string of the molecule is CNC1COCC1c1nc2c(S(C)(=O)=O)cccc2n1C. The van der Waals surface area contributed by atoms with E-state index in [4.69, 9.17) is 4.74 Å². The van der Waals surface area contributed by atoms with Gasteiger partial charge in [0.1, 0.15) is 11.3 Å². The molecule has 6 nitrogen and oxygen atoms in total. The van der Waals surface area contributed by atoms with Crippen LogP contribution in [-0.4, -0.2) is 50.5 Å². The molecule has 3 rings (SSSR count). The molecule has 0 spiro atoms. The Morgan fingerprint density at radius 2 is 2.14 bits per heavy atom. The maximum atomic E-state index is 11.9. The summed E-state index contributed by atoms with van der Waals surface area (Å²) in [4.78, 5) is 4.90. The molecule has 21 heavy (non-hydrogen) atoms. The lowest BCUT2D eigenvalue weighted by molar-refractivity contribution is 0.188. The third-order valence-corrected chi connectivity index (χ3v) is 5.22. The number of ether oxygens (including phenoxy) is 1. The van der Waals surface area contributed by atoms with Crippen molar-refractivity contribution in [2.75, 3.05) is 26.5 Å². The molecule has 2 unspecified atom stereocenters. The second-order valence-corrected chi connectivity index (χ2v) is 7.45. The van der Waals surface area contributed by atoms with E-state index in [9.17, 15) is 8.42 Å². The van der Waals surface area contributed by atoms with Crippen molar-refractivity contribution < 1.29 is 13.2 Å². The summed E-state index contributed by atoms with van der Waals surface area (Å²) in [5.41, 5.74) is 1.37. The number of sulfone groups is 1. The third-order valence-electron chi connectivity index (χ3n) is 4.09. The molecule has 1 fully saturated rings.